The third-order valence-corrected chi connectivity index (χ3v) is 3.43. The molecule has 0 amide bonds. The third kappa shape index (κ3) is 3.16. The van der Waals surface area contributed by atoms with Gasteiger partial charge in [-0.05, 0) is 18.4 Å². The summed E-state index contributed by atoms with van der Waals surface area (Å²) in [6.45, 7) is 5.72. The Balaban J connectivity index is 2.50. The molecular formula is C13H18ClN3O2. The van der Waals surface area contributed by atoms with Crippen LogP contribution in [0.3, 0.4) is 0 Å². The smallest absolute Gasteiger partial charge is 0.294 e. The molecule has 2 rings (SSSR count). The van der Waals surface area contributed by atoms with Crippen LogP contribution in [0.25, 0.3) is 0 Å². The monoisotopic (exact) mass is 283 g/mol. The maximum atomic E-state index is 11.2. The van der Waals surface area contributed by atoms with Crippen LogP contribution >= 0.6 is 11.6 Å². The van der Waals surface area contributed by atoms with Gasteiger partial charge in [0, 0.05) is 35.8 Å². The van der Waals surface area contributed by atoms with E-state index in [-0.39, 0.29) is 16.7 Å². The van der Waals surface area contributed by atoms with Gasteiger partial charge in [-0.3, -0.25) is 10.1 Å². The van der Waals surface area contributed by atoms with Crippen molar-refractivity contribution in [3.63, 3.8) is 0 Å². The largest absolute Gasteiger partial charge is 0.378 e. The first kappa shape index (κ1) is 14.1. The lowest BCUT2D eigenvalue weighted by atomic mass is 9.95. The first-order valence-electron chi connectivity index (χ1n) is 6.44. The van der Waals surface area contributed by atoms with E-state index in [9.17, 15) is 10.1 Å². The summed E-state index contributed by atoms with van der Waals surface area (Å²) in [6.07, 6.45) is 0.923. The molecule has 0 aromatic heterocycles. The zero-order valence-corrected chi connectivity index (χ0v) is 11.8. The Bertz CT molecular complexity index is 491. The molecule has 0 aliphatic carbocycles. The van der Waals surface area contributed by atoms with E-state index in [1.54, 1.807) is 0 Å². The molecule has 1 atom stereocenters. The molecule has 1 aromatic rings. The Morgan fingerprint density at radius 2 is 2.21 bits per heavy atom. The van der Waals surface area contributed by atoms with Crippen LogP contribution in [0.5, 0.6) is 0 Å². The Morgan fingerprint density at radius 3 is 2.84 bits per heavy atom. The number of nitrogens with zero attached hydrogens (tertiary/aromatic N) is 1. The Kier molecular flexibility index (Phi) is 4.27. The highest BCUT2D eigenvalue weighted by molar-refractivity contribution is 6.31. The molecule has 5 nitrogen and oxygen atoms in total. The Labute approximate surface area is 117 Å². The second-order valence-electron chi connectivity index (χ2n) is 5.21. The molecule has 6 heteroatoms. The minimum absolute atomic E-state index is 0.0555. The van der Waals surface area contributed by atoms with Gasteiger partial charge in [0.05, 0.1) is 4.92 Å². The molecule has 19 heavy (non-hydrogen) atoms. The molecule has 0 radical (unpaired) electrons. The fraction of sp³-hybridized carbons (Fsp3) is 0.538. The SMILES string of the molecule is CC(C)CC1NCCNc2c1cc(Cl)cc2[N+](=O)[O-]. The highest BCUT2D eigenvalue weighted by Crippen LogP contribution is 2.38. The average molecular weight is 284 g/mol. The van der Waals surface area contributed by atoms with E-state index in [1.165, 1.54) is 6.07 Å². The number of nitrogens with one attached hydrogen (secondary N) is 2. The van der Waals surface area contributed by atoms with Gasteiger partial charge in [0.2, 0.25) is 0 Å². The lowest BCUT2D eigenvalue weighted by Gasteiger charge is -2.20. The molecule has 0 saturated heterocycles. The molecule has 0 fully saturated rings. The van der Waals surface area contributed by atoms with Crippen molar-refractivity contribution in [2.45, 2.75) is 26.3 Å². The van der Waals surface area contributed by atoms with Crippen molar-refractivity contribution in [1.29, 1.82) is 0 Å². The van der Waals surface area contributed by atoms with E-state index in [0.29, 0.717) is 23.2 Å². The standard InChI is InChI=1S/C13H18ClN3O2/c1-8(2)5-11-10-6-9(14)7-12(17(18)19)13(10)16-4-3-15-11/h6-8,11,15-16H,3-5H2,1-2H3. The summed E-state index contributed by atoms with van der Waals surface area (Å²) in [6, 6.07) is 3.33. The second-order valence-corrected chi connectivity index (χ2v) is 5.65. The maximum Gasteiger partial charge on any atom is 0.294 e. The number of anilines is 1. The van der Waals surface area contributed by atoms with E-state index in [0.717, 1.165) is 18.5 Å². The van der Waals surface area contributed by atoms with Gasteiger partial charge in [-0.25, -0.2) is 0 Å². The fourth-order valence-corrected chi connectivity index (χ4v) is 2.67. The van der Waals surface area contributed by atoms with Gasteiger partial charge >= 0.3 is 0 Å². The quantitative estimate of drug-likeness (QED) is 0.659. The summed E-state index contributed by atoms with van der Waals surface area (Å²) in [5, 5.41) is 18.1. The van der Waals surface area contributed by atoms with E-state index >= 15 is 0 Å². The van der Waals surface area contributed by atoms with E-state index < -0.39 is 0 Å². The topological polar surface area (TPSA) is 67.2 Å². The van der Waals surface area contributed by atoms with Crippen molar-refractivity contribution in [1.82, 2.24) is 5.32 Å². The highest BCUT2D eigenvalue weighted by atomic mass is 35.5. The summed E-state index contributed by atoms with van der Waals surface area (Å²) in [5.41, 5.74) is 1.55. The number of fused-ring (bicyclic) bond motifs is 1. The van der Waals surface area contributed by atoms with Crippen LogP contribution in [-0.4, -0.2) is 18.0 Å². The van der Waals surface area contributed by atoms with Crippen molar-refractivity contribution >= 4 is 23.0 Å². The van der Waals surface area contributed by atoms with Crippen molar-refractivity contribution in [2.24, 2.45) is 5.92 Å². The molecule has 1 aliphatic rings. The van der Waals surface area contributed by atoms with Gasteiger partial charge in [-0.15, -0.1) is 0 Å². The first-order chi connectivity index (χ1) is 8.99. The average Bonchev–Trinajstić information content (AvgIpc) is 2.50. The third-order valence-electron chi connectivity index (χ3n) is 3.21. The second kappa shape index (κ2) is 5.75. The Morgan fingerprint density at radius 1 is 1.47 bits per heavy atom. The number of halogens is 1. The summed E-state index contributed by atoms with van der Waals surface area (Å²) in [4.78, 5) is 10.8. The van der Waals surface area contributed by atoms with Gasteiger partial charge in [0.25, 0.3) is 5.69 Å². The Hall–Kier alpha value is -1.33. The highest BCUT2D eigenvalue weighted by Gasteiger charge is 2.26. The normalized spacial score (nSPS) is 18.6. The number of nitro benzene ring substituents is 1. The zero-order valence-electron chi connectivity index (χ0n) is 11.1. The van der Waals surface area contributed by atoms with Crippen LogP contribution < -0.4 is 10.6 Å². The summed E-state index contributed by atoms with van der Waals surface area (Å²) < 4.78 is 0. The number of nitro groups is 1. The van der Waals surface area contributed by atoms with Gasteiger partial charge in [-0.1, -0.05) is 25.4 Å². The molecule has 0 spiro atoms. The summed E-state index contributed by atoms with van der Waals surface area (Å²) in [5.74, 6) is 0.501. The molecule has 0 saturated carbocycles. The molecule has 104 valence electrons. The van der Waals surface area contributed by atoms with E-state index in [2.05, 4.69) is 24.5 Å². The van der Waals surface area contributed by atoms with Gasteiger partial charge in [-0.2, -0.15) is 0 Å². The van der Waals surface area contributed by atoms with Crippen LogP contribution in [0.15, 0.2) is 12.1 Å². The number of rotatable bonds is 3. The lowest BCUT2D eigenvalue weighted by Crippen LogP contribution is -2.24. The predicted molar refractivity (Wildman–Crippen MR) is 76.8 cm³/mol. The maximum absolute atomic E-state index is 11.2. The molecule has 0 bridgehead atoms. The van der Waals surface area contributed by atoms with Crippen LogP contribution in [0.2, 0.25) is 5.02 Å². The minimum atomic E-state index is -0.379. The lowest BCUT2D eigenvalue weighted by molar-refractivity contribution is -0.384. The summed E-state index contributed by atoms with van der Waals surface area (Å²) in [7, 11) is 0. The van der Waals surface area contributed by atoms with Crippen molar-refractivity contribution < 1.29 is 4.92 Å². The number of hydrogen-bond acceptors (Lipinski definition) is 4. The molecule has 1 heterocycles. The molecule has 1 unspecified atom stereocenters. The van der Waals surface area contributed by atoms with E-state index in [1.807, 2.05) is 6.07 Å². The summed E-state index contributed by atoms with van der Waals surface area (Å²) >= 11 is 6.02. The zero-order chi connectivity index (χ0) is 14.0. The molecule has 1 aliphatic heterocycles. The van der Waals surface area contributed by atoms with Gasteiger partial charge in [0.15, 0.2) is 0 Å². The fourth-order valence-electron chi connectivity index (χ4n) is 2.45. The van der Waals surface area contributed by atoms with Crippen LogP contribution in [-0.2, 0) is 0 Å². The van der Waals surface area contributed by atoms with E-state index in [4.69, 9.17) is 11.6 Å². The van der Waals surface area contributed by atoms with Crippen molar-refractivity contribution in [2.75, 3.05) is 18.4 Å². The predicted octanol–water partition coefficient (Wildman–Crippen LogP) is 3.35. The molecule has 2 N–H and O–H groups in total. The van der Waals surface area contributed by atoms with Crippen LogP contribution in [0.1, 0.15) is 31.9 Å². The van der Waals surface area contributed by atoms with Gasteiger partial charge in [0.1, 0.15) is 5.69 Å². The van der Waals surface area contributed by atoms with Crippen molar-refractivity contribution in [3.8, 4) is 0 Å². The number of benzene rings is 1. The van der Waals surface area contributed by atoms with Gasteiger partial charge < -0.3 is 10.6 Å². The first-order valence-corrected chi connectivity index (χ1v) is 6.82. The van der Waals surface area contributed by atoms with Crippen molar-refractivity contribution in [3.05, 3.63) is 32.8 Å². The molecular weight excluding hydrogens is 266 g/mol. The van der Waals surface area contributed by atoms with Crippen LogP contribution in [0, 0.1) is 16.0 Å². The molecule has 1 aromatic carbocycles. The minimum Gasteiger partial charge on any atom is -0.378 e. The number of hydrogen-bond donors (Lipinski definition) is 2. The van der Waals surface area contributed by atoms with Crippen LogP contribution in [0.4, 0.5) is 11.4 Å².